The Morgan fingerprint density at radius 1 is 1.06 bits per heavy atom. The predicted octanol–water partition coefficient (Wildman–Crippen LogP) is 4.06. The third-order valence-electron chi connectivity index (χ3n) is 2.24. The van der Waals surface area contributed by atoms with Gasteiger partial charge in [0.1, 0.15) is 0 Å². The van der Waals surface area contributed by atoms with Crippen LogP contribution < -0.4 is 0 Å². The fourth-order valence-corrected chi connectivity index (χ4v) is 1.75. The van der Waals surface area contributed by atoms with Gasteiger partial charge in [0.2, 0.25) is 0 Å². The first-order valence-corrected chi connectivity index (χ1v) is 5.25. The second kappa shape index (κ2) is 4.41. The van der Waals surface area contributed by atoms with Crippen molar-refractivity contribution in [2.75, 3.05) is 0 Å². The van der Waals surface area contributed by atoms with Gasteiger partial charge in [0.05, 0.1) is 11.3 Å². The molecular weight excluding hydrogens is 247 g/mol. The molecule has 0 aliphatic rings. The SMILES string of the molecule is FC(F)(F)c1cnc(-c2ccccc2)c(S)c1. The van der Waals surface area contributed by atoms with Crippen LogP contribution in [0.15, 0.2) is 47.5 Å². The van der Waals surface area contributed by atoms with Crippen molar-refractivity contribution in [1.29, 1.82) is 0 Å². The van der Waals surface area contributed by atoms with E-state index in [1.807, 2.05) is 6.07 Å². The van der Waals surface area contributed by atoms with Crippen molar-refractivity contribution in [3.05, 3.63) is 48.2 Å². The normalized spacial score (nSPS) is 11.5. The van der Waals surface area contributed by atoms with Crippen LogP contribution in [-0.2, 0) is 6.18 Å². The average Bonchev–Trinajstić information content (AvgIpc) is 2.29. The zero-order valence-corrected chi connectivity index (χ0v) is 9.46. The van der Waals surface area contributed by atoms with E-state index in [0.717, 1.165) is 17.8 Å². The fraction of sp³-hybridized carbons (Fsp3) is 0.0833. The number of benzene rings is 1. The molecular formula is C12H8F3NS. The Kier molecular flexibility index (Phi) is 3.11. The van der Waals surface area contributed by atoms with Gasteiger partial charge < -0.3 is 0 Å². The van der Waals surface area contributed by atoms with E-state index in [-0.39, 0.29) is 4.90 Å². The van der Waals surface area contributed by atoms with Crippen LogP contribution in [0.1, 0.15) is 5.56 Å². The molecule has 1 aromatic carbocycles. The first-order valence-electron chi connectivity index (χ1n) is 4.80. The minimum Gasteiger partial charge on any atom is -0.254 e. The van der Waals surface area contributed by atoms with Crippen LogP contribution in [0.5, 0.6) is 0 Å². The van der Waals surface area contributed by atoms with Crippen molar-refractivity contribution in [2.24, 2.45) is 0 Å². The Balaban J connectivity index is 2.46. The Bertz CT molecular complexity index is 523. The molecule has 0 aliphatic carbocycles. The van der Waals surface area contributed by atoms with Crippen LogP contribution in [0.3, 0.4) is 0 Å². The molecule has 0 amide bonds. The van der Waals surface area contributed by atoms with Gasteiger partial charge in [0, 0.05) is 16.7 Å². The summed E-state index contributed by atoms with van der Waals surface area (Å²) in [7, 11) is 0. The molecule has 2 rings (SSSR count). The third-order valence-corrected chi connectivity index (χ3v) is 2.58. The first kappa shape index (κ1) is 12.0. The molecule has 0 spiro atoms. The van der Waals surface area contributed by atoms with Gasteiger partial charge in [0.15, 0.2) is 0 Å². The molecule has 0 aliphatic heterocycles. The number of rotatable bonds is 1. The van der Waals surface area contributed by atoms with Gasteiger partial charge in [-0.15, -0.1) is 12.6 Å². The fourth-order valence-electron chi connectivity index (χ4n) is 1.43. The number of nitrogens with zero attached hydrogens (tertiary/aromatic N) is 1. The summed E-state index contributed by atoms with van der Waals surface area (Å²) < 4.78 is 37.3. The zero-order chi connectivity index (χ0) is 12.5. The van der Waals surface area contributed by atoms with Crippen molar-refractivity contribution in [3.63, 3.8) is 0 Å². The van der Waals surface area contributed by atoms with E-state index < -0.39 is 11.7 Å². The maximum absolute atomic E-state index is 12.4. The number of aromatic nitrogens is 1. The molecule has 0 fully saturated rings. The summed E-state index contributed by atoms with van der Waals surface area (Å²) in [6, 6.07) is 9.94. The largest absolute Gasteiger partial charge is 0.417 e. The minimum absolute atomic E-state index is 0.214. The summed E-state index contributed by atoms with van der Waals surface area (Å²) in [5.41, 5.74) is 0.398. The predicted molar refractivity (Wildman–Crippen MR) is 61.9 cm³/mol. The van der Waals surface area contributed by atoms with Gasteiger partial charge in [-0.25, -0.2) is 0 Å². The Labute approximate surface area is 102 Å². The van der Waals surface area contributed by atoms with E-state index in [2.05, 4.69) is 17.6 Å². The van der Waals surface area contributed by atoms with Gasteiger partial charge in [-0.3, -0.25) is 4.98 Å². The number of halogens is 3. The second-order valence-corrected chi connectivity index (χ2v) is 3.94. The molecule has 0 bridgehead atoms. The number of hydrogen-bond acceptors (Lipinski definition) is 2. The summed E-state index contributed by atoms with van der Waals surface area (Å²) in [5.74, 6) is 0. The molecule has 0 unspecified atom stereocenters. The molecule has 1 heterocycles. The van der Waals surface area contributed by atoms with E-state index in [9.17, 15) is 13.2 Å². The number of pyridine rings is 1. The summed E-state index contributed by atoms with van der Waals surface area (Å²) in [6.45, 7) is 0. The van der Waals surface area contributed by atoms with Crippen LogP contribution in [-0.4, -0.2) is 4.98 Å². The van der Waals surface area contributed by atoms with Crippen LogP contribution in [0.2, 0.25) is 0 Å². The van der Waals surface area contributed by atoms with E-state index in [0.29, 0.717) is 5.69 Å². The second-order valence-electron chi connectivity index (χ2n) is 3.46. The van der Waals surface area contributed by atoms with Gasteiger partial charge in [-0.1, -0.05) is 30.3 Å². The minimum atomic E-state index is -4.39. The van der Waals surface area contributed by atoms with Gasteiger partial charge >= 0.3 is 6.18 Å². The summed E-state index contributed by atoms with van der Waals surface area (Å²) in [6.07, 6.45) is -3.57. The Morgan fingerprint density at radius 2 is 1.71 bits per heavy atom. The standard InChI is InChI=1S/C12H8F3NS/c13-12(14,15)9-6-10(17)11(16-7-9)8-4-2-1-3-5-8/h1-7,17H. The lowest BCUT2D eigenvalue weighted by Crippen LogP contribution is -2.05. The molecule has 1 nitrogen and oxygen atoms in total. The molecule has 0 radical (unpaired) electrons. The topological polar surface area (TPSA) is 12.9 Å². The Hall–Kier alpha value is -1.49. The molecule has 88 valence electrons. The summed E-state index contributed by atoms with van der Waals surface area (Å²) >= 11 is 4.05. The molecule has 17 heavy (non-hydrogen) atoms. The van der Waals surface area contributed by atoms with E-state index in [4.69, 9.17) is 0 Å². The number of thiol groups is 1. The van der Waals surface area contributed by atoms with Crippen molar-refractivity contribution < 1.29 is 13.2 Å². The van der Waals surface area contributed by atoms with Crippen LogP contribution in [0.25, 0.3) is 11.3 Å². The van der Waals surface area contributed by atoms with E-state index >= 15 is 0 Å². The molecule has 0 saturated carbocycles. The maximum atomic E-state index is 12.4. The van der Waals surface area contributed by atoms with Crippen molar-refractivity contribution in [2.45, 2.75) is 11.1 Å². The van der Waals surface area contributed by atoms with Crippen molar-refractivity contribution in [3.8, 4) is 11.3 Å². The van der Waals surface area contributed by atoms with Gasteiger partial charge in [0.25, 0.3) is 0 Å². The van der Waals surface area contributed by atoms with Gasteiger partial charge in [-0.05, 0) is 6.07 Å². The quantitative estimate of drug-likeness (QED) is 0.758. The highest BCUT2D eigenvalue weighted by Crippen LogP contribution is 2.33. The van der Waals surface area contributed by atoms with E-state index in [1.54, 1.807) is 24.3 Å². The Morgan fingerprint density at radius 3 is 2.24 bits per heavy atom. The van der Waals surface area contributed by atoms with Crippen LogP contribution >= 0.6 is 12.6 Å². The molecule has 0 atom stereocenters. The monoisotopic (exact) mass is 255 g/mol. The number of hydrogen-bond donors (Lipinski definition) is 1. The smallest absolute Gasteiger partial charge is 0.254 e. The third kappa shape index (κ3) is 2.61. The summed E-state index contributed by atoms with van der Waals surface area (Å²) in [5, 5.41) is 0. The van der Waals surface area contributed by atoms with Crippen LogP contribution in [0.4, 0.5) is 13.2 Å². The van der Waals surface area contributed by atoms with E-state index in [1.165, 1.54) is 0 Å². The van der Waals surface area contributed by atoms with Gasteiger partial charge in [-0.2, -0.15) is 13.2 Å². The average molecular weight is 255 g/mol. The molecule has 2 aromatic rings. The van der Waals surface area contributed by atoms with Crippen LogP contribution in [0, 0.1) is 0 Å². The lowest BCUT2D eigenvalue weighted by Gasteiger charge is -2.09. The first-order chi connectivity index (χ1) is 7.98. The van der Waals surface area contributed by atoms with Crippen molar-refractivity contribution >= 4 is 12.6 Å². The highest BCUT2D eigenvalue weighted by atomic mass is 32.1. The zero-order valence-electron chi connectivity index (χ0n) is 8.57. The highest BCUT2D eigenvalue weighted by molar-refractivity contribution is 7.80. The molecule has 5 heteroatoms. The van der Waals surface area contributed by atoms with Crippen molar-refractivity contribution in [1.82, 2.24) is 4.98 Å². The molecule has 0 saturated heterocycles. The molecule has 1 aromatic heterocycles. The molecule has 0 N–H and O–H groups in total. The lowest BCUT2D eigenvalue weighted by molar-refractivity contribution is -0.138. The summed E-state index contributed by atoms with van der Waals surface area (Å²) in [4.78, 5) is 4.03. The highest BCUT2D eigenvalue weighted by Gasteiger charge is 2.31. The number of alkyl halides is 3. The lowest BCUT2D eigenvalue weighted by atomic mass is 10.1. The maximum Gasteiger partial charge on any atom is 0.417 e.